The molecule has 0 aliphatic heterocycles. The lowest BCUT2D eigenvalue weighted by molar-refractivity contribution is 0.0747. The number of nitrogens with one attached hydrogen (secondary N) is 1. The second-order valence-electron chi connectivity index (χ2n) is 3.67. The molecule has 0 spiro atoms. The minimum absolute atomic E-state index is 0.402. The van der Waals surface area contributed by atoms with Gasteiger partial charge in [-0.1, -0.05) is 0 Å². The number of aliphatic hydroxyl groups excluding tert-OH is 1. The van der Waals surface area contributed by atoms with Crippen molar-refractivity contribution in [2.75, 3.05) is 7.05 Å². The fourth-order valence-corrected chi connectivity index (χ4v) is 0.999. The van der Waals surface area contributed by atoms with Crippen molar-refractivity contribution < 1.29 is 5.11 Å². The van der Waals surface area contributed by atoms with Gasteiger partial charge in [-0.15, -0.1) is 10.2 Å². The molecule has 13 heavy (non-hydrogen) atoms. The number of aryl methyl sites for hydroxylation is 1. The molecule has 1 heterocycles. The normalized spacial score (nSPS) is 14.5. The first-order valence-electron chi connectivity index (χ1n) is 4.20. The quantitative estimate of drug-likeness (QED) is 0.685. The zero-order valence-electron chi connectivity index (χ0n) is 8.44. The lowest BCUT2D eigenvalue weighted by atomic mass is 9.97. The van der Waals surface area contributed by atoms with Crippen LogP contribution in [0.15, 0.2) is 6.33 Å². The highest BCUT2D eigenvalue weighted by Crippen LogP contribution is 2.22. The standard InChI is InChI=1S/C8H16N4O/c1-8(2,9-3)6(13)7-11-10-5-12(7)4/h5-6,9,13H,1-4H3. The smallest absolute Gasteiger partial charge is 0.163 e. The van der Waals surface area contributed by atoms with Crippen molar-refractivity contribution in [3.8, 4) is 0 Å². The number of aromatic nitrogens is 3. The molecule has 5 heteroatoms. The van der Waals surface area contributed by atoms with Crippen molar-refractivity contribution in [2.45, 2.75) is 25.5 Å². The van der Waals surface area contributed by atoms with Crippen molar-refractivity contribution >= 4 is 0 Å². The molecule has 1 aromatic heterocycles. The van der Waals surface area contributed by atoms with E-state index >= 15 is 0 Å². The Bertz CT molecular complexity index is 281. The maximum absolute atomic E-state index is 9.93. The van der Waals surface area contributed by atoms with Gasteiger partial charge in [0, 0.05) is 12.6 Å². The topological polar surface area (TPSA) is 63.0 Å². The molecule has 1 atom stereocenters. The summed E-state index contributed by atoms with van der Waals surface area (Å²) in [5.41, 5.74) is -0.402. The highest BCUT2D eigenvalue weighted by atomic mass is 16.3. The minimum atomic E-state index is -0.662. The van der Waals surface area contributed by atoms with Crippen LogP contribution in [0.25, 0.3) is 0 Å². The second kappa shape index (κ2) is 3.43. The van der Waals surface area contributed by atoms with Crippen molar-refractivity contribution in [3.63, 3.8) is 0 Å². The van der Waals surface area contributed by atoms with Gasteiger partial charge in [-0.05, 0) is 20.9 Å². The number of hydrogen-bond donors (Lipinski definition) is 2. The van der Waals surface area contributed by atoms with Gasteiger partial charge >= 0.3 is 0 Å². The van der Waals surface area contributed by atoms with Crippen LogP contribution in [-0.2, 0) is 7.05 Å². The Hall–Kier alpha value is -0.940. The van der Waals surface area contributed by atoms with Crippen LogP contribution in [0.5, 0.6) is 0 Å². The first-order valence-corrected chi connectivity index (χ1v) is 4.20. The van der Waals surface area contributed by atoms with E-state index in [4.69, 9.17) is 0 Å². The fourth-order valence-electron chi connectivity index (χ4n) is 0.999. The predicted molar refractivity (Wildman–Crippen MR) is 49.1 cm³/mol. The zero-order valence-corrected chi connectivity index (χ0v) is 8.44. The Balaban J connectivity index is 2.91. The van der Waals surface area contributed by atoms with Gasteiger partial charge in [-0.2, -0.15) is 0 Å². The monoisotopic (exact) mass is 184 g/mol. The third-order valence-corrected chi connectivity index (χ3v) is 2.32. The van der Waals surface area contributed by atoms with Gasteiger partial charge in [0.25, 0.3) is 0 Å². The summed E-state index contributed by atoms with van der Waals surface area (Å²) in [6.07, 6.45) is 0.912. The first-order chi connectivity index (χ1) is 5.99. The van der Waals surface area contributed by atoms with E-state index in [-0.39, 0.29) is 0 Å². The predicted octanol–water partition coefficient (Wildman–Crippen LogP) is -0.154. The molecule has 0 saturated carbocycles. The maximum Gasteiger partial charge on any atom is 0.163 e. The third kappa shape index (κ3) is 1.87. The SMILES string of the molecule is CNC(C)(C)C(O)c1nncn1C. The number of rotatable bonds is 3. The Kier molecular flexibility index (Phi) is 2.68. The summed E-state index contributed by atoms with van der Waals surface area (Å²) < 4.78 is 1.71. The summed E-state index contributed by atoms with van der Waals surface area (Å²) >= 11 is 0. The van der Waals surface area contributed by atoms with E-state index in [0.717, 1.165) is 0 Å². The molecular formula is C8H16N4O. The molecule has 0 fully saturated rings. The number of likely N-dealkylation sites (N-methyl/N-ethyl adjacent to an activating group) is 1. The van der Waals surface area contributed by atoms with E-state index in [9.17, 15) is 5.11 Å². The van der Waals surface area contributed by atoms with Crippen LogP contribution in [0.4, 0.5) is 0 Å². The van der Waals surface area contributed by atoms with Gasteiger partial charge < -0.3 is 15.0 Å². The molecule has 0 amide bonds. The average Bonchev–Trinajstić information content (AvgIpc) is 2.50. The Morgan fingerprint density at radius 3 is 2.62 bits per heavy atom. The van der Waals surface area contributed by atoms with E-state index in [2.05, 4.69) is 15.5 Å². The molecule has 0 bridgehead atoms. The molecule has 0 aliphatic carbocycles. The molecule has 74 valence electrons. The van der Waals surface area contributed by atoms with Crippen LogP contribution in [0, 0.1) is 0 Å². The van der Waals surface area contributed by atoms with Crippen molar-refractivity contribution in [2.24, 2.45) is 7.05 Å². The summed E-state index contributed by atoms with van der Waals surface area (Å²) in [7, 11) is 3.61. The molecular weight excluding hydrogens is 168 g/mol. The third-order valence-electron chi connectivity index (χ3n) is 2.32. The van der Waals surface area contributed by atoms with Crippen LogP contribution in [0.1, 0.15) is 25.8 Å². The van der Waals surface area contributed by atoms with Crippen molar-refractivity contribution in [3.05, 3.63) is 12.2 Å². The van der Waals surface area contributed by atoms with E-state index in [0.29, 0.717) is 5.82 Å². The zero-order chi connectivity index (χ0) is 10.1. The van der Waals surface area contributed by atoms with Gasteiger partial charge in [-0.25, -0.2) is 0 Å². The molecule has 1 aromatic rings. The lowest BCUT2D eigenvalue weighted by Crippen LogP contribution is -2.43. The number of hydrogen-bond acceptors (Lipinski definition) is 4. The second-order valence-corrected chi connectivity index (χ2v) is 3.67. The largest absolute Gasteiger partial charge is 0.383 e. The maximum atomic E-state index is 9.93. The van der Waals surface area contributed by atoms with Gasteiger partial charge in [0.05, 0.1) is 0 Å². The van der Waals surface area contributed by atoms with Crippen molar-refractivity contribution in [1.82, 2.24) is 20.1 Å². The molecule has 5 nitrogen and oxygen atoms in total. The van der Waals surface area contributed by atoms with Crippen LogP contribution in [0.2, 0.25) is 0 Å². The van der Waals surface area contributed by atoms with Gasteiger partial charge in [0.1, 0.15) is 12.4 Å². The molecule has 0 aliphatic rings. The van der Waals surface area contributed by atoms with E-state index in [1.54, 1.807) is 17.9 Å². The fraction of sp³-hybridized carbons (Fsp3) is 0.750. The summed E-state index contributed by atoms with van der Waals surface area (Å²) in [5, 5.41) is 20.5. The summed E-state index contributed by atoms with van der Waals surface area (Å²) in [4.78, 5) is 0. The summed E-state index contributed by atoms with van der Waals surface area (Å²) in [6.45, 7) is 3.82. The molecule has 0 radical (unpaired) electrons. The summed E-state index contributed by atoms with van der Waals surface area (Å²) in [6, 6.07) is 0. The molecule has 2 N–H and O–H groups in total. The van der Waals surface area contributed by atoms with E-state index in [1.165, 1.54) is 0 Å². The average molecular weight is 184 g/mol. The molecule has 1 unspecified atom stereocenters. The minimum Gasteiger partial charge on any atom is -0.383 e. The van der Waals surface area contributed by atoms with E-state index < -0.39 is 11.6 Å². The molecule has 0 aromatic carbocycles. The van der Waals surface area contributed by atoms with Crippen LogP contribution < -0.4 is 5.32 Å². The Labute approximate surface area is 77.8 Å². The lowest BCUT2D eigenvalue weighted by Gasteiger charge is -2.29. The van der Waals surface area contributed by atoms with Crippen LogP contribution in [-0.4, -0.2) is 32.5 Å². The number of nitrogens with zero attached hydrogens (tertiary/aromatic N) is 3. The Morgan fingerprint density at radius 1 is 1.62 bits per heavy atom. The molecule has 1 rings (SSSR count). The van der Waals surface area contributed by atoms with Gasteiger partial charge in [0.15, 0.2) is 5.82 Å². The number of aliphatic hydroxyl groups is 1. The van der Waals surface area contributed by atoms with Gasteiger partial charge in [0.2, 0.25) is 0 Å². The Morgan fingerprint density at radius 2 is 2.23 bits per heavy atom. The van der Waals surface area contributed by atoms with Crippen LogP contribution >= 0.6 is 0 Å². The van der Waals surface area contributed by atoms with Gasteiger partial charge in [-0.3, -0.25) is 0 Å². The highest BCUT2D eigenvalue weighted by Gasteiger charge is 2.30. The highest BCUT2D eigenvalue weighted by molar-refractivity contribution is 5.00. The first kappa shape index (κ1) is 10.1. The van der Waals surface area contributed by atoms with Crippen LogP contribution in [0.3, 0.4) is 0 Å². The van der Waals surface area contributed by atoms with E-state index in [1.807, 2.05) is 20.9 Å². The van der Waals surface area contributed by atoms with Crippen molar-refractivity contribution in [1.29, 1.82) is 0 Å². The summed E-state index contributed by atoms with van der Waals surface area (Å²) in [5.74, 6) is 0.569. The molecule has 0 saturated heterocycles.